The van der Waals surface area contributed by atoms with Gasteiger partial charge in [0.15, 0.2) is 6.61 Å². The summed E-state index contributed by atoms with van der Waals surface area (Å²) in [6.07, 6.45) is 0. The van der Waals surface area contributed by atoms with Crippen LogP contribution in [0.1, 0.15) is 21.7 Å². The minimum Gasteiger partial charge on any atom is -0.452 e. The molecule has 8 heteroatoms. The summed E-state index contributed by atoms with van der Waals surface area (Å²) in [6.45, 7) is 1.48. The molecule has 4 aromatic rings. The van der Waals surface area contributed by atoms with Gasteiger partial charge >= 0.3 is 5.97 Å². The first-order valence-corrected chi connectivity index (χ1v) is 10.6. The minimum atomic E-state index is -0.667. The van der Waals surface area contributed by atoms with Crippen LogP contribution in [0.3, 0.4) is 0 Å². The lowest BCUT2D eigenvalue weighted by Crippen LogP contribution is -2.30. The third-order valence-electron chi connectivity index (χ3n) is 5.37. The second kappa shape index (κ2) is 9.66. The van der Waals surface area contributed by atoms with Crippen LogP contribution >= 0.6 is 0 Å². The molecule has 7 nitrogen and oxygen atoms in total. The molecular weight excluding hydrogens is 437 g/mol. The van der Waals surface area contributed by atoms with Crippen LogP contribution in [-0.4, -0.2) is 40.0 Å². The molecule has 1 heterocycles. The summed E-state index contributed by atoms with van der Waals surface area (Å²) < 4.78 is 19.9. The number of nitrogens with zero attached hydrogens (tertiary/aromatic N) is 3. The van der Waals surface area contributed by atoms with E-state index in [0.717, 1.165) is 0 Å². The van der Waals surface area contributed by atoms with Crippen molar-refractivity contribution in [3.63, 3.8) is 0 Å². The Labute approximate surface area is 195 Å². The van der Waals surface area contributed by atoms with E-state index in [9.17, 15) is 18.8 Å². The number of carbonyl (C=O) groups excluding carboxylic acids is 2. The number of fused-ring (bicyclic) bond motifs is 1. The van der Waals surface area contributed by atoms with Crippen molar-refractivity contribution in [3.8, 4) is 5.69 Å². The number of rotatable bonds is 6. The van der Waals surface area contributed by atoms with Gasteiger partial charge in [-0.3, -0.25) is 14.2 Å². The van der Waals surface area contributed by atoms with Gasteiger partial charge in [0.1, 0.15) is 11.6 Å². The van der Waals surface area contributed by atoms with Crippen molar-refractivity contribution in [2.24, 2.45) is 0 Å². The van der Waals surface area contributed by atoms with Gasteiger partial charge in [0.05, 0.1) is 22.2 Å². The summed E-state index contributed by atoms with van der Waals surface area (Å²) >= 11 is 0. The van der Waals surface area contributed by atoms with E-state index in [-0.39, 0.29) is 23.5 Å². The van der Waals surface area contributed by atoms with Gasteiger partial charge < -0.3 is 9.64 Å². The predicted octanol–water partition coefficient (Wildman–Crippen LogP) is 3.65. The standard InChI is InChI=1S/C26H22FN3O4/c1-17-28-23-9-4-3-8-22(23)25(32)30(17)21-12-10-19(11-13-21)26(33)34-16-24(31)29(2)15-18-6-5-7-20(27)14-18/h3-14H,15-16H2,1-2H3. The SMILES string of the molecule is Cc1nc2ccccc2c(=O)n1-c1ccc(C(=O)OCC(=O)N(C)Cc2cccc(F)c2)cc1. The Morgan fingerprint density at radius 2 is 1.76 bits per heavy atom. The molecule has 172 valence electrons. The monoisotopic (exact) mass is 459 g/mol. The molecule has 0 aliphatic rings. The molecule has 0 saturated heterocycles. The van der Waals surface area contributed by atoms with Gasteiger partial charge in [0.2, 0.25) is 0 Å². The highest BCUT2D eigenvalue weighted by atomic mass is 19.1. The maximum Gasteiger partial charge on any atom is 0.338 e. The lowest BCUT2D eigenvalue weighted by molar-refractivity contribution is -0.133. The van der Waals surface area contributed by atoms with Crippen molar-refractivity contribution in [2.75, 3.05) is 13.7 Å². The van der Waals surface area contributed by atoms with Gasteiger partial charge in [0.25, 0.3) is 11.5 Å². The molecule has 0 N–H and O–H groups in total. The summed E-state index contributed by atoms with van der Waals surface area (Å²) in [6, 6.07) is 19.3. The molecule has 0 spiro atoms. The molecule has 3 aromatic carbocycles. The highest BCUT2D eigenvalue weighted by Crippen LogP contribution is 2.14. The fourth-order valence-corrected chi connectivity index (χ4v) is 3.61. The second-order valence-electron chi connectivity index (χ2n) is 7.82. The number of aryl methyl sites for hydroxylation is 1. The van der Waals surface area contributed by atoms with Gasteiger partial charge in [-0.05, 0) is 61.0 Å². The predicted molar refractivity (Wildman–Crippen MR) is 125 cm³/mol. The van der Waals surface area contributed by atoms with Crippen LogP contribution in [-0.2, 0) is 16.1 Å². The van der Waals surface area contributed by atoms with Gasteiger partial charge in [-0.15, -0.1) is 0 Å². The zero-order valence-electron chi connectivity index (χ0n) is 18.7. The van der Waals surface area contributed by atoms with Crippen molar-refractivity contribution in [1.29, 1.82) is 0 Å². The van der Waals surface area contributed by atoms with Crippen molar-refractivity contribution >= 4 is 22.8 Å². The Hall–Kier alpha value is -4.33. The first kappa shape index (κ1) is 22.8. The van der Waals surface area contributed by atoms with E-state index in [0.29, 0.717) is 28.0 Å². The van der Waals surface area contributed by atoms with E-state index >= 15 is 0 Å². The lowest BCUT2D eigenvalue weighted by Gasteiger charge is -2.17. The molecule has 0 unspecified atom stereocenters. The van der Waals surface area contributed by atoms with Crippen molar-refractivity contribution in [2.45, 2.75) is 13.5 Å². The Morgan fingerprint density at radius 3 is 2.50 bits per heavy atom. The largest absolute Gasteiger partial charge is 0.452 e. The van der Waals surface area contributed by atoms with Crippen LogP contribution < -0.4 is 5.56 Å². The minimum absolute atomic E-state index is 0.191. The van der Waals surface area contributed by atoms with Crippen LogP contribution in [0.15, 0.2) is 77.6 Å². The van der Waals surface area contributed by atoms with E-state index in [2.05, 4.69) is 4.98 Å². The summed E-state index contributed by atoms with van der Waals surface area (Å²) in [5.41, 5.74) is 1.84. The van der Waals surface area contributed by atoms with Gasteiger partial charge in [-0.25, -0.2) is 14.2 Å². The molecule has 0 radical (unpaired) electrons. The molecule has 0 atom stereocenters. The van der Waals surface area contributed by atoms with E-state index in [4.69, 9.17) is 4.74 Å². The zero-order chi connectivity index (χ0) is 24.2. The fourth-order valence-electron chi connectivity index (χ4n) is 3.61. The van der Waals surface area contributed by atoms with E-state index in [1.807, 2.05) is 6.07 Å². The zero-order valence-corrected chi connectivity index (χ0v) is 18.7. The summed E-state index contributed by atoms with van der Waals surface area (Å²) in [4.78, 5) is 43.5. The van der Waals surface area contributed by atoms with Crippen LogP contribution in [0.4, 0.5) is 4.39 Å². The molecule has 0 aliphatic carbocycles. The normalized spacial score (nSPS) is 10.8. The fraction of sp³-hybridized carbons (Fsp3) is 0.154. The van der Waals surface area contributed by atoms with Crippen molar-refractivity contribution in [1.82, 2.24) is 14.5 Å². The number of carbonyl (C=O) groups is 2. The van der Waals surface area contributed by atoms with Gasteiger partial charge in [-0.1, -0.05) is 24.3 Å². The first-order chi connectivity index (χ1) is 16.3. The Bertz CT molecular complexity index is 1430. The average Bonchev–Trinajstić information content (AvgIpc) is 2.82. The van der Waals surface area contributed by atoms with Crippen LogP contribution in [0.2, 0.25) is 0 Å². The molecular formula is C26H22FN3O4. The topological polar surface area (TPSA) is 81.5 Å². The maximum atomic E-state index is 13.3. The summed E-state index contributed by atoms with van der Waals surface area (Å²) in [5, 5.41) is 0.498. The van der Waals surface area contributed by atoms with Crippen LogP contribution in [0.5, 0.6) is 0 Å². The molecule has 0 saturated carbocycles. The smallest absolute Gasteiger partial charge is 0.338 e. The molecule has 0 fully saturated rings. The van der Waals surface area contributed by atoms with E-state index in [1.165, 1.54) is 33.7 Å². The number of likely N-dealkylation sites (N-methyl/N-ethyl adjacent to an activating group) is 1. The number of aromatic nitrogens is 2. The van der Waals surface area contributed by atoms with Crippen LogP contribution in [0, 0.1) is 12.7 Å². The molecule has 0 bridgehead atoms. The Balaban J connectivity index is 1.42. The number of halogens is 1. The van der Waals surface area contributed by atoms with Gasteiger partial charge in [-0.2, -0.15) is 0 Å². The number of esters is 1. The molecule has 0 aliphatic heterocycles. The Kier molecular flexibility index (Phi) is 6.49. The maximum absolute atomic E-state index is 13.3. The van der Waals surface area contributed by atoms with Gasteiger partial charge in [0, 0.05) is 13.6 Å². The highest BCUT2D eigenvalue weighted by molar-refractivity contribution is 5.91. The van der Waals surface area contributed by atoms with Crippen molar-refractivity contribution < 1.29 is 18.7 Å². The first-order valence-electron chi connectivity index (χ1n) is 10.6. The highest BCUT2D eigenvalue weighted by Gasteiger charge is 2.15. The summed E-state index contributed by atoms with van der Waals surface area (Å²) in [5.74, 6) is -0.950. The third-order valence-corrected chi connectivity index (χ3v) is 5.37. The van der Waals surface area contributed by atoms with E-state index in [1.54, 1.807) is 56.4 Å². The number of hydrogen-bond acceptors (Lipinski definition) is 5. The molecule has 1 amide bonds. The number of hydrogen-bond donors (Lipinski definition) is 0. The van der Waals surface area contributed by atoms with Crippen LogP contribution in [0.25, 0.3) is 16.6 Å². The van der Waals surface area contributed by atoms with Crippen molar-refractivity contribution in [3.05, 3.63) is 106 Å². The second-order valence-corrected chi connectivity index (χ2v) is 7.82. The number of ether oxygens (including phenoxy) is 1. The molecule has 1 aromatic heterocycles. The lowest BCUT2D eigenvalue weighted by atomic mass is 10.2. The molecule has 4 rings (SSSR count). The van der Waals surface area contributed by atoms with E-state index < -0.39 is 18.5 Å². The molecule has 34 heavy (non-hydrogen) atoms. The number of benzene rings is 3. The quantitative estimate of drug-likeness (QED) is 0.411. The Morgan fingerprint density at radius 1 is 1.03 bits per heavy atom. The number of para-hydroxylation sites is 1. The third kappa shape index (κ3) is 4.85. The number of amides is 1. The summed E-state index contributed by atoms with van der Waals surface area (Å²) in [7, 11) is 1.55. The average molecular weight is 459 g/mol.